The first-order valence-electron chi connectivity index (χ1n) is 8.34. The SMILES string of the molecule is CN(Cc1ccc(F)cc1)C(=O)c1ccccc1Sc1ccccc1C#N. The zero-order valence-electron chi connectivity index (χ0n) is 14.7. The van der Waals surface area contributed by atoms with Crippen LogP contribution < -0.4 is 0 Å². The van der Waals surface area contributed by atoms with Crippen molar-refractivity contribution in [1.29, 1.82) is 5.26 Å². The summed E-state index contributed by atoms with van der Waals surface area (Å²) in [5.41, 5.74) is 2.00. The lowest BCUT2D eigenvalue weighted by molar-refractivity contribution is 0.0781. The average Bonchev–Trinajstić information content (AvgIpc) is 2.70. The maximum atomic E-state index is 13.1. The van der Waals surface area contributed by atoms with Crippen LogP contribution in [-0.2, 0) is 6.54 Å². The summed E-state index contributed by atoms with van der Waals surface area (Å²) < 4.78 is 13.1. The highest BCUT2D eigenvalue weighted by Crippen LogP contribution is 2.33. The molecule has 3 aromatic carbocycles. The Balaban J connectivity index is 1.83. The Bertz CT molecular complexity index is 996. The number of amides is 1. The molecule has 0 heterocycles. The predicted octanol–water partition coefficient (Wildman–Crippen LogP) is 5.12. The molecule has 0 unspecified atom stereocenters. The van der Waals surface area contributed by atoms with Gasteiger partial charge in [0.15, 0.2) is 0 Å². The highest BCUT2D eigenvalue weighted by atomic mass is 32.2. The molecule has 0 spiro atoms. The Labute approximate surface area is 162 Å². The number of carbonyl (C=O) groups is 1. The lowest BCUT2D eigenvalue weighted by Gasteiger charge is -2.19. The third-order valence-electron chi connectivity index (χ3n) is 4.02. The fourth-order valence-electron chi connectivity index (χ4n) is 2.64. The van der Waals surface area contributed by atoms with E-state index in [1.807, 2.05) is 36.4 Å². The van der Waals surface area contributed by atoms with Gasteiger partial charge in [-0.1, -0.05) is 48.2 Å². The summed E-state index contributed by atoms with van der Waals surface area (Å²) in [6.45, 7) is 0.382. The second kappa shape index (κ2) is 8.52. The van der Waals surface area contributed by atoms with E-state index in [2.05, 4.69) is 6.07 Å². The second-order valence-electron chi connectivity index (χ2n) is 5.99. The van der Waals surface area contributed by atoms with Crippen LogP contribution in [0.4, 0.5) is 4.39 Å². The van der Waals surface area contributed by atoms with Crippen LogP contribution in [-0.4, -0.2) is 17.9 Å². The van der Waals surface area contributed by atoms with Crippen molar-refractivity contribution in [2.75, 3.05) is 7.05 Å². The molecule has 0 aliphatic carbocycles. The fraction of sp³-hybridized carbons (Fsp3) is 0.0909. The van der Waals surface area contributed by atoms with Gasteiger partial charge < -0.3 is 4.90 Å². The summed E-state index contributed by atoms with van der Waals surface area (Å²) in [4.78, 5) is 16.1. The first kappa shape index (κ1) is 18.7. The molecule has 0 aromatic heterocycles. The van der Waals surface area contributed by atoms with E-state index in [9.17, 15) is 14.4 Å². The summed E-state index contributed by atoms with van der Waals surface area (Å²) in [5, 5.41) is 9.28. The largest absolute Gasteiger partial charge is 0.337 e. The summed E-state index contributed by atoms with van der Waals surface area (Å²) in [6.07, 6.45) is 0. The van der Waals surface area contributed by atoms with Crippen LogP contribution in [0.15, 0.2) is 82.6 Å². The van der Waals surface area contributed by atoms with E-state index in [4.69, 9.17) is 0 Å². The monoisotopic (exact) mass is 376 g/mol. The highest BCUT2D eigenvalue weighted by molar-refractivity contribution is 7.99. The normalized spacial score (nSPS) is 10.3. The second-order valence-corrected chi connectivity index (χ2v) is 7.08. The van der Waals surface area contributed by atoms with Crippen molar-refractivity contribution in [3.63, 3.8) is 0 Å². The van der Waals surface area contributed by atoms with Crippen molar-refractivity contribution in [1.82, 2.24) is 4.90 Å². The molecule has 3 nitrogen and oxygen atoms in total. The van der Waals surface area contributed by atoms with Crippen molar-refractivity contribution >= 4 is 17.7 Å². The first-order valence-corrected chi connectivity index (χ1v) is 9.16. The van der Waals surface area contributed by atoms with Gasteiger partial charge in [-0.15, -0.1) is 0 Å². The zero-order chi connectivity index (χ0) is 19.2. The molecule has 1 amide bonds. The molecular weight excluding hydrogens is 359 g/mol. The van der Waals surface area contributed by atoms with Gasteiger partial charge in [0.1, 0.15) is 11.9 Å². The minimum Gasteiger partial charge on any atom is -0.337 e. The fourth-order valence-corrected chi connectivity index (χ4v) is 3.66. The van der Waals surface area contributed by atoms with Crippen LogP contribution in [0.2, 0.25) is 0 Å². The molecule has 0 atom stereocenters. The van der Waals surface area contributed by atoms with Crippen LogP contribution in [0.25, 0.3) is 0 Å². The van der Waals surface area contributed by atoms with Crippen molar-refractivity contribution in [3.05, 3.63) is 95.3 Å². The minimum atomic E-state index is -0.300. The molecule has 27 heavy (non-hydrogen) atoms. The van der Waals surface area contributed by atoms with E-state index in [0.717, 1.165) is 15.4 Å². The van der Waals surface area contributed by atoms with Gasteiger partial charge in [0.25, 0.3) is 5.91 Å². The number of carbonyl (C=O) groups excluding carboxylic acids is 1. The maximum absolute atomic E-state index is 13.1. The molecule has 0 N–H and O–H groups in total. The topological polar surface area (TPSA) is 44.1 Å². The summed E-state index contributed by atoms with van der Waals surface area (Å²) in [5.74, 6) is -0.428. The third kappa shape index (κ3) is 4.55. The Kier molecular flexibility index (Phi) is 5.90. The maximum Gasteiger partial charge on any atom is 0.255 e. The van der Waals surface area contributed by atoms with Crippen molar-refractivity contribution in [2.24, 2.45) is 0 Å². The smallest absolute Gasteiger partial charge is 0.255 e. The highest BCUT2D eigenvalue weighted by Gasteiger charge is 2.17. The Morgan fingerprint density at radius 3 is 2.33 bits per heavy atom. The Hall–Kier alpha value is -3.10. The number of hydrogen-bond acceptors (Lipinski definition) is 3. The van der Waals surface area contributed by atoms with Gasteiger partial charge in [0.05, 0.1) is 11.1 Å². The Morgan fingerprint density at radius 2 is 1.63 bits per heavy atom. The summed E-state index contributed by atoms with van der Waals surface area (Å²) >= 11 is 1.40. The van der Waals surface area contributed by atoms with Gasteiger partial charge >= 0.3 is 0 Å². The van der Waals surface area contributed by atoms with E-state index in [0.29, 0.717) is 17.7 Å². The minimum absolute atomic E-state index is 0.128. The molecule has 5 heteroatoms. The number of nitrogens with zero attached hydrogens (tertiary/aromatic N) is 2. The van der Waals surface area contributed by atoms with Crippen molar-refractivity contribution < 1.29 is 9.18 Å². The average molecular weight is 376 g/mol. The Morgan fingerprint density at radius 1 is 1.00 bits per heavy atom. The molecule has 3 aromatic rings. The van der Waals surface area contributed by atoms with Crippen LogP contribution >= 0.6 is 11.8 Å². The number of hydrogen-bond donors (Lipinski definition) is 0. The number of benzene rings is 3. The lowest BCUT2D eigenvalue weighted by Crippen LogP contribution is -2.26. The summed E-state index contributed by atoms with van der Waals surface area (Å²) in [6, 6.07) is 22.9. The van der Waals surface area contributed by atoms with Gasteiger partial charge in [0.2, 0.25) is 0 Å². The first-order chi connectivity index (χ1) is 13.1. The molecule has 0 aliphatic heterocycles. The molecule has 0 bridgehead atoms. The van der Waals surface area contributed by atoms with Gasteiger partial charge in [-0.25, -0.2) is 4.39 Å². The lowest BCUT2D eigenvalue weighted by atomic mass is 10.1. The molecule has 134 valence electrons. The van der Waals surface area contributed by atoms with Crippen LogP contribution in [0.5, 0.6) is 0 Å². The third-order valence-corrected chi connectivity index (χ3v) is 5.18. The standard InChI is InChI=1S/C22H17FN2OS/c1-25(15-16-10-12-18(23)13-11-16)22(26)19-7-3-5-9-21(19)27-20-8-4-2-6-17(20)14-24/h2-13H,15H2,1H3. The van der Waals surface area contributed by atoms with Gasteiger partial charge in [-0.3, -0.25) is 4.79 Å². The van der Waals surface area contributed by atoms with E-state index >= 15 is 0 Å². The molecule has 0 saturated carbocycles. The zero-order valence-corrected chi connectivity index (χ0v) is 15.5. The van der Waals surface area contributed by atoms with E-state index < -0.39 is 0 Å². The predicted molar refractivity (Wildman–Crippen MR) is 104 cm³/mol. The van der Waals surface area contributed by atoms with Crippen molar-refractivity contribution in [3.8, 4) is 6.07 Å². The number of rotatable bonds is 5. The van der Waals surface area contributed by atoms with Crippen LogP contribution in [0.3, 0.4) is 0 Å². The molecule has 3 rings (SSSR count). The van der Waals surface area contributed by atoms with Crippen molar-refractivity contribution in [2.45, 2.75) is 16.3 Å². The molecule has 0 radical (unpaired) electrons. The quantitative estimate of drug-likeness (QED) is 0.621. The van der Waals surface area contributed by atoms with Crippen LogP contribution in [0.1, 0.15) is 21.5 Å². The van der Waals surface area contributed by atoms with Gasteiger partial charge in [0, 0.05) is 23.4 Å². The van der Waals surface area contributed by atoms with Gasteiger partial charge in [-0.05, 0) is 42.0 Å². The molecule has 0 saturated heterocycles. The van der Waals surface area contributed by atoms with E-state index in [1.54, 1.807) is 36.2 Å². The molecular formula is C22H17FN2OS. The van der Waals surface area contributed by atoms with E-state index in [-0.39, 0.29) is 11.7 Å². The molecule has 0 fully saturated rings. The molecule has 0 aliphatic rings. The number of halogens is 1. The van der Waals surface area contributed by atoms with E-state index in [1.165, 1.54) is 23.9 Å². The summed E-state index contributed by atoms with van der Waals surface area (Å²) in [7, 11) is 1.72. The van der Waals surface area contributed by atoms with Gasteiger partial charge in [-0.2, -0.15) is 5.26 Å². The number of nitriles is 1. The van der Waals surface area contributed by atoms with Crippen LogP contribution in [0, 0.1) is 17.1 Å².